The Morgan fingerprint density at radius 1 is 1.12 bits per heavy atom. The number of rotatable bonds is 4. The second-order valence-electron chi connectivity index (χ2n) is 5.96. The van der Waals surface area contributed by atoms with Crippen LogP contribution in [0.2, 0.25) is 0 Å². The zero-order valence-electron chi connectivity index (χ0n) is 14.0. The molecule has 4 nitrogen and oxygen atoms in total. The summed E-state index contributed by atoms with van der Waals surface area (Å²) in [5, 5.41) is 3.01. The fourth-order valence-electron chi connectivity index (χ4n) is 3.01. The van der Waals surface area contributed by atoms with E-state index < -0.39 is 0 Å². The third-order valence-corrected chi connectivity index (χ3v) is 4.99. The van der Waals surface area contributed by atoms with Crippen molar-refractivity contribution < 1.29 is 4.79 Å². The average Bonchev–Trinajstić information content (AvgIpc) is 2.91. The number of hydrogen-bond acceptors (Lipinski definition) is 4. The maximum atomic E-state index is 12.8. The molecular weight excluding hydrogens is 318 g/mol. The SMILES string of the molecule is CSc1cccc(NC(=O)c2cccnc2N2CCCCCC2)c1. The number of nitrogens with one attached hydrogen (secondary N) is 1. The molecule has 1 aromatic carbocycles. The van der Waals surface area contributed by atoms with Crippen molar-refractivity contribution in [1.82, 2.24) is 4.98 Å². The van der Waals surface area contributed by atoms with Gasteiger partial charge in [0.2, 0.25) is 0 Å². The molecule has 0 radical (unpaired) electrons. The number of anilines is 2. The first-order chi connectivity index (χ1) is 11.8. The van der Waals surface area contributed by atoms with Crippen molar-refractivity contribution in [3.8, 4) is 0 Å². The van der Waals surface area contributed by atoms with Crippen molar-refractivity contribution in [3.63, 3.8) is 0 Å². The minimum atomic E-state index is -0.0967. The Labute approximate surface area is 147 Å². The first-order valence-electron chi connectivity index (χ1n) is 8.43. The average molecular weight is 341 g/mol. The molecule has 0 spiro atoms. The highest BCUT2D eigenvalue weighted by molar-refractivity contribution is 7.98. The maximum Gasteiger partial charge on any atom is 0.259 e. The molecular formula is C19H23N3OS. The Kier molecular flexibility index (Phi) is 5.75. The van der Waals surface area contributed by atoms with Crippen molar-refractivity contribution in [2.45, 2.75) is 30.6 Å². The van der Waals surface area contributed by atoms with E-state index in [0.717, 1.165) is 42.3 Å². The van der Waals surface area contributed by atoms with E-state index >= 15 is 0 Å². The molecule has 0 unspecified atom stereocenters. The molecule has 0 bridgehead atoms. The molecule has 0 saturated carbocycles. The van der Waals surface area contributed by atoms with Gasteiger partial charge >= 0.3 is 0 Å². The van der Waals surface area contributed by atoms with E-state index in [-0.39, 0.29) is 5.91 Å². The highest BCUT2D eigenvalue weighted by Gasteiger charge is 2.19. The lowest BCUT2D eigenvalue weighted by atomic mass is 10.2. The van der Waals surface area contributed by atoms with Crippen LogP contribution in [0.1, 0.15) is 36.0 Å². The number of amides is 1. The van der Waals surface area contributed by atoms with Crippen molar-refractivity contribution in [2.24, 2.45) is 0 Å². The van der Waals surface area contributed by atoms with Gasteiger partial charge in [0, 0.05) is 29.9 Å². The second-order valence-corrected chi connectivity index (χ2v) is 6.84. The molecule has 1 aliphatic rings. The number of thioether (sulfide) groups is 1. The molecule has 1 amide bonds. The zero-order chi connectivity index (χ0) is 16.8. The van der Waals surface area contributed by atoms with Gasteiger partial charge in [-0.15, -0.1) is 11.8 Å². The molecule has 1 fully saturated rings. The first kappa shape index (κ1) is 16.8. The fraction of sp³-hybridized carbons (Fsp3) is 0.368. The molecule has 1 saturated heterocycles. The molecule has 24 heavy (non-hydrogen) atoms. The van der Waals surface area contributed by atoms with Crippen LogP contribution in [0.25, 0.3) is 0 Å². The molecule has 0 atom stereocenters. The summed E-state index contributed by atoms with van der Waals surface area (Å²) in [7, 11) is 0. The highest BCUT2D eigenvalue weighted by Crippen LogP contribution is 2.24. The van der Waals surface area contributed by atoms with Crippen molar-refractivity contribution in [3.05, 3.63) is 48.2 Å². The van der Waals surface area contributed by atoms with Crippen LogP contribution in [-0.2, 0) is 0 Å². The Bertz CT molecular complexity index is 697. The summed E-state index contributed by atoms with van der Waals surface area (Å²) >= 11 is 1.66. The minimum absolute atomic E-state index is 0.0967. The molecule has 126 valence electrons. The Morgan fingerprint density at radius 3 is 2.67 bits per heavy atom. The summed E-state index contributed by atoms with van der Waals surface area (Å²) in [6, 6.07) is 11.6. The monoisotopic (exact) mass is 341 g/mol. The van der Waals surface area contributed by atoms with Gasteiger partial charge in [-0.1, -0.05) is 18.9 Å². The number of carbonyl (C=O) groups excluding carboxylic acids is 1. The van der Waals surface area contributed by atoms with Crippen molar-refractivity contribution in [2.75, 3.05) is 29.6 Å². The van der Waals surface area contributed by atoms with Crippen LogP contribution in [0.3, 0.4) is 0 Å². The van der Waals surface area contributed by atoms with Gasteiger partial charge in [0.1, 0.15) is 5.82 Å². The van der Waals surface area contributed by atoms with E-state index in [1.54, 1.807) is 18.0 Å². The first-order valence-corrected chi connectivity index (χ1v) is 9.66. The standard InChI is InChI=1S/C19H23N3OS/c1-24-16-9-6-8-15(14-16)21-19(23)17-10-7-11-20-18(17)22-12-4-2-3-5-13-22/h6-11,14H,2-5,12-13H2,1H3,(H,21,23). The van der Waals surface area contributed by atoms with Gasteiger partial charge < -0.3 is 10.2 Å². The summed E-state index contributed by atoms with van der Waals surface area (Å²) in [5.41, 5.74) is 1.46. The lowest BCUT2D eigenvalue weighted by Gasteiger charge is -2.23. The minimum Gasteiger partial charge on any atom is -0.356 e. The van der Waals surface area contributed by atoms with Crippen LogP contribution < -0.4 is 10.2 Å². The molecule has 2 aromatic rings. The summed E-state index contributed by atoms with van der Waals surface area (Å²) in [6.07, 6.45) is 8.63. The third-order valence-electron chi connectivity index (χ3n) is 4.26. The number of hydrogen-bond donors (Lipinski definition) is 1. The Balaban J connectivity index is 1.81. The molecule has 1 aliphatic heterocycles. The number of benzene rings is 1. The van der Waals surface area contributed by atoms with E-state index in [0.29, 0.717) is 5.56 Å². The van der Waals surface area contributed by atoms with Gasteiger partial charge in [0.15, 0.2) is 0 Å². The van der Waals surface area contributed by atoms with Crippen LogP contribution in [0, 0.1) is 0 Å². The largest absolute Gasteiger partial charge is 0.356 e. The molecule has 0 aliphatic carbocycles. The number of carbonyl (C=O) groups is 1. The van der Waals surface area contributed by atoms with Gasteiger partial charge in [-0.3, -0.25) is 4.79 Å². The molecule has 5 heteroatoms. The van der Waals surface area contributed by atoms with Gasteiger partial charge in [0.25, 0.3) is 5.91 Å². The highest BCUT2D eigenvalue weighted by atomic mass is 32.2. The lowest BCUT2D eigenvalue weighted by molar-refractivity contribution is 0.102. The van der Waals surface area contributed by atoms with Gasteiger partial charge in [-0.25, -0.2) is 4.98 Å². The molecule has 2 heterocycles. The lowest BCUT2D eigenvalue weighted by Crippen LogP contribution is -2.28. The van der Waals surface area contributed by atoms with Gasteiger partial charge in [-0.05, 0) is 49.4 Å². The predicted molar refractivity (Wildman–Crippen MR) is 101 cm³/mol. The third kappa shape index (κ3) is 4.09. The molecule has 3 rings (SSSR count). The molecule has 1 N–H and O–H groups in total. The number of aromatic nitrogens is 1. The van der Waals surface area contributed by atoms with Crippen molar-refractivity contribution >= 4 is 29.2 Å². The normalized spacial score (nSPS) is 15.0. The van der Waals surface area contributed by atoms with Crippen molar-refractivity contribution in [1.29, 1.82) is 0 Å². The maximum absolute atomic E-state index is 12.8. The number of pyridine rings is 1. The Morgan fingerprint density at radius 2 is 1.92 bits per heavy atom. The smallest absolute Gasteiger partial charge is 0.259 e. The Hall–Kier alpha value is -2.01. The van der Waals surface area contributed by atoms with Crippen LogP contribution in [0.4, 0.5) is 11.5 Å². The van der Waals surface area contributed by atoms with E-state index in [1.807, 2.05) is 42.7 Å². The van der Waals surface area contributed by atoms with Gasteiger partial charge in [-0.2, -0.15) is 0 Å². The summed E-state index contributed by atoms with van der Waals surface area (Å²) < 4.78 is 0. The van der Waals surface area contributed by atoms with E-state index in [1.165, 1.54) is 12.8 Å². The predicted octanol–water partition coefficient (Wildman–Crippen LogP) is 4.44. The van der Waals surface area contributed by atoms with Crippen LogP contribution >= 0.6 is 11.8 Å². The van der Waals surface area contributed by atoms with Crippen LogP contribution in [0.15, 0.2) is 47.5 Å². The van der Waals surface area contributed by atoms with E-state index in [2.05, 4.69) is 15.2 Å². The second kappa shape index (κ2) is 8.20. The van der Waals surface area contributed by atoms with Gasteiger partial charge in [0.05, 0.1) is 5.56 Å². The van der Waals surface area contributed by atoms with Crippen LogP contribution in [-0.4, -0.2) is 30.2 Å². The topological polar surface area (TPSA) is 45.2 Å². The number of nitrogens with zero attached hydrogens (tertiary/aromatic N) is 2. The fourth-order valence-corrected chi connectivity index (χ4v) is 3.47. The quantitative estimate of drug-likeness (QED) is 0.835. The van der Waals surface area contributed by atoms with E-state index in [4.69, 9.17) is 0 Å². The zero-order valence-corrected chi connectivity index (χ0v) is 14.8. The summed E-state index contributed by atoms with van der Waals surface area (Å²) in [4.78, 5) is 20.7. The summed E-state index contributed by atoms with van der Waals surface area (Å²) in [6.45, 7) is 1.94. The summed E-state index contributed by atoms with van der Waals surface area (Å²) in [5.74, 6) is 0.707. The van der Waals surface area contributed by atoms with E-state index in [9.17, 15) is 4.79 Å². The van der Waals surface area contributed by atoms with Crippen LogP contribution in [0.5, 0.6) is 0 Å². The molecule has 1 aromatic heterocycles.